The van der Waals surface area contributed by atoms with Crippen LogP contribution in [-0.2, 0) is 19.4 Å². The molecule has 2 rings (SSSR count). The van der Waals surface area contributed by atoms with Crippen molar-refractivity contribution in [2.75, 3.05) is 31.1 Å². The third kappa shape index (κ3) is 2.50. The zero-order chi connectivity index (χ0) is 13.3. The highest BCUT2D eigenvalue weighted by Crippen LogP contribution is 2.23. The average Bonchev–Trinajstić information content (AvgIpc) is 2.82. The van der Waals surface area contributed by atoms with Crippen LogP contribution in [0.1, 0.15) is 19.8 Å². The topological polar surface area (TPSA) is 74.8 Å². The number of carbonyl (C=O) groups is 2. The molecule has 2 heterocycles. The van der Waals surface area contributed by atoms with Crippen molar-refractivity contribution in [1.29, 1.82) is 0 Å². The second kappa shape index (κ2) is 4.87. The predicted octanol–water partition coefficient (Wildman–Crippen LogP) is -0.746. The highest BCUT2D eigenvalue weighted by Gasteiger charge is 2.41. The number of rotatable bonds is 4. The molecule has 0 aromatic carbocycles. The first kappa shape index (κ1) is 13.3. The molecule has 0 aliphatic carbocycles. The van der Waals surface area contributed by atoms with Crippen molar-refractivity contribution in [3.63, 3.8) is 0 Å². The minimum atomic E-state index is -3.10. The fourth-order valence-corrected chi connectivity index (χ4v) is 3.23. The molecule has 2 aliphatic heterocycles. The van der Waals surface area contributed by atoms with Crippen LogP contribution in [-0.4, -0.2) is 67.2 Å². The van der Waals surface area contributed by atoms with E-state index in [1.807, 2.05) is 0 Å². The van der Waals surface area contributed by atoms with Gasteiger partial charge in [0.05, 0.1) is 12.3 Å². The smallest absolute Gasteiger partial charge is 0.245 e. The quantitative estimate of drug-likeness (QED) is 0.676. The number of piperazine rings is 1. The van der Waals surface area contributed by atoms with Crippen molar-refractivity contribution in [1.82, 2.24) is 9.80 Å². The lowest BCUT2D eigenvalue weighted by Crippen LogP contribution is -2.58. The Hall–Kier alpha value is -1.11. The lowest BCUT2D eigenvalue weighted by Gasteiger charge is -2.36. The van der Waals surface area contributed by atoms with Crippen molar-refractivity contribution < 1.29 is 18.0 Å². The third-order valence-corrected chi connectivity index (χ3v) is 5.29. The van der Waals surface area contributed by atoms with Gasteiger partial charge in [-0.2, -0.15) is 0 Å². The molecular weight excluding hydrogens is 256 g/mol. The number of amides is 2. The number of carbonyl (C=O) groups excluding carboxylic acids is 2. The molecular formula is C11H18N2O4S. The normalized spacial score (nSPS) is 24.6. The summed E-state index contributed by atoms with van der Waals surface area (Å²) in [7, 11) is -3.10. The molecule has 1 unspecified atom stereocenters. The summed E-state index contributed by atoms with van der Waals surface area (Å²) >= 11 is 0. The van der Waals surface area contributed by atoms with Gasteiger partial charge in [-0.15, -0.1) is 0 Å². The highest BCUT2D eigenvalue weighted by molar-refractivity contribution is 7.91. The summed E-state index contributed by atoms with van der Waals surface area (Å²) in [6.07, 6.45) is 1.55. The van der Waals surface area contributed by atoms with Crippen LogP contribution in [0.4, 0.5) is 0 Å². The van der Waals surface area contributed by atoms with E-state index in [1.165, 1.54) is 4.90 Å². The maximum absolute atomic E-state index is 12.1. The number of fused-ring (bicyclic) bond motifs is 1. The summed E-state index contributed by atoms with van der Waals surface area (Å²) in [5.41, 5.74) is 0. The van der Waals surface area contributed by atoms with Gasteiger partial charge in [0.2, 0.25) is 11.8 Å². The molecule has 0 bridgehead atoms. The first-order valence-electron chi connectivity index (χ1n) is 6.23. The second-order valence-electron chi connectivity index (χ2n) is 4.74. The standard InChI is InChI=1S/C11H18N2O4S/c1-2-18(16,17)7-6-12-8-10(14)13-5-3-4-9(13)11(12)15/h9H,2-8H2,1H3. The van der Waals surface area contributed by atoms with E-state index in [9.17, 15) is 18.0 Å². The Labute approximate surface area is 107 Å². The average molecular weight is 274 g/mol. The summed E-state index contributed by atoms with van der Waals surface area (Å²) in [6, 6.07) is -0.351. The Morgan fingerprint density at radius 3 is 2.72 bits per heavy atom. The monoisotopic (exact) mass is 274 g/mol. The molecule has 2 aliphatic rings. The fourth-order valence-electron chi connectivity index (χ4n) is 2.45. The van der Waals surface area contributed by atoms with E-state index in [2.05, 4.69) is 0 Å². The van der Waals surface area contributed by atoms with Crippen LogP contribution < -0.4 is 0 Å². The van der Waals surface area contributed by atoms with E-state index in [-0.39, 0.29) is 42.5 Å². The molecule has 102 valence electrons. The first-order chi connectivity index (χ1) is 8.44. The van der Waals surface area contributed by atoms with E-state index >= 15 is 0 Å². The van der Waals surface area contributed by atoms with Gasteiger partial charge in [0.25, 0.3) is 0 Å². The second-order valence-corrected chi connectivity index (χ2v) is 7.21. The van der Waals surface area contributed by atoms with Gasteiger partial charge in [-0.25, -0.2) is 8.42 Å². The summed E-state index contributed by atoms with van der Waals surface area (Å²) in [5, 5.41) is 0. The van der Waals surface area contributed by atoms with E-state index in [0.29, 0.717) is 13.0 Å². The number of nitrogens with zero attached hydrogens (tertiary/aromatic N) is 2. The summed E-state index contributed by atoms with van der Waals surface area (Å²) in [4.78, 5) is 26.9. The lowest BCUT2D eigenvalue weighted by molar-refractivity contribution is -0.153. The fraction of sp³-hybridized carbons (Fsp3) is 0.818. The zero-order valence-corrected chi connectivity index (χ0v) is 11.3. The molecule has 7 heteroatoms. The molecule has 18 heavy (non-hydrogen) atoms. The molecule has 6 nitrogen and oxygen atoms in total. The number of hydrogen-bond donors (Lipinski definition) is 0. The molecule has 0 saturated carbocycles. The van der Waals surface area contributed by atoms with Gasteiger partial charge in [0.15, 0.2) is 9.84 Å². The van der Waals surface area contributed by atoms with Gasteiger partial charge < -0.3 is 9.80 Å². The van der Waals surface area contributed by atoms with Crippen molar-refractivity contribution in [2.45, 2.75) is 25.8 Å². The van der Waals surface area contributed by atoms with Crippen LogP contribution in [0.5, 0.6) is 0 Å². The molecule has 0 N–H and O–H groups in total. The minimum absolute atomic E-state index is 0.0224. The Morgan fingerprint density at radius 2 is 2.06 bits per heavy atom. The number of sulfone groups is 1. The van der Waals surface area contributed by atoms with Crippen molar-refractivity contribution >= 4 is 21.7 Å². The maximum Gasteiger partial charge on any atom is 0.245 e. The molecule has 2 fully saturated rings. The summed E-state index contributed by atoms with van der Waals surface area (Å²) in [6.45, 7) is 2.38. The van der Waals surface area contributed by atoms with Crippen LogP contribution >= 0.6 is 0 Å². The minimum Gasteiger partial charge on any atom is -0.331 e. The van der Waals surface area contributed by atoms with Crippen LogP contribution in [0.2, 0.25) is 0 Å². The lowest BCUT2D eigenvalue weighted by atomic mass is 10.1. The SMILES string of the molecule is CCS(=O)(=O)CCN1CC(=O)N2CCCC2C1=O. The van der Waals surface area contributed by atoms with Crippen molar-refractivity contribution in [3.8, 4) is 0 Å². The van der Waals surface area contributed by atoms with Gasteiger partial charge in [-0.3, -0.25) is 9.59 Å². The molecule has 0 radical (unpaired) electrons. The first-order valence-corrected chi connectivity index (χ1v) is 8.05. The molecule has 2 saturated heterocycles. The van der Waals surface area contributed by atoms with E-state index in [1.54, 1.807) is 11.8 Å². The zero-order valence-electron chi connectivity index (χ0n) is 10.5. The summed E-state index contributed by atoms with van der Waals surface area (Å²) < 4.78 is 22.8. The van der Waals surface area contributed by atoms with Crippen molar-refractivity contribution in [2.24, 2.45) is 0 Å². The Bertz CT molecular complexity index is 460. The van der Waals surface area contributed by atoms with Crippen LogP contribution in [0.15, 0.2) is 0 Å². The molecule has 0 spiro atoms. The van der Waals surface area contributed by atoms with Crippen LogP contribution in [0, 0.1) is 0 Å². The van der Waals surface area contributed by atoms with E-state index in [4.69, 9.17) is 0 Å². The summed E-state index contributed by atoms with van der Waals surface area (Å²) in [5.74, 6) is -0.155. The Morgan fingerprint density at radius 1 is 1.33 bits per heavy atom. The van der Waals surface area contributed by atoms with Gasteiger partial charge in [-0.1, -0.05) is 6.92 Å². The van der Waals surface area contributed by atoms with Gasteiger partial charge >= 0.3 is 0 Å². The Balaban J connectivity index is 2.02. The number of hydrogen-bond acceptors (Lipinski definition) is 4. The van der Waals surface area contributed by atoms with Crippen molar-refractivity contribution in [3.05, 3.63) is 0 Å². The molecule has 2 amide bonds. The van der Waals surface area contributed by atoms with Gasteiger partial charge in [0.1, 0.15) is 6.04 Å². The van der Waals surface area contributed by atoms with Gasteiger partial charge in [0, 0.05) is 18.8 Å². The highest BCUT2D eigenvalue weighted by atomic mass is 32.2. The maximum atomic E-state index is 12.1. The van der Waals surface area contributed by atoms with E-state index in [0.717, 1.165) is 6.42 Å². The third-order valence-electron chi connectivity index (χ3n) is 3.61. The predicted molar refractivity (Wildman–Crippen MR) is 65.6 cm³/mol. The van der Waals surface area contributed by atoms with Crippen LogP contribution in [0.3, 0.4) is 0 Å². The Kier molecular flexibility index (Phi) is 3.61. The van der Waals surface area contributed by atoms with E-state index < -0.39 is 9.84 Å². The van der Waals surface area contributed by atoms with Crippen LogP contribution in [0.25, 0.3) is 0 Å². The molecule has 0 aromatic rings. The van der Waals surface area contributed by atoms with Gasteiger partial charge in [-0.05, 0) is 12.8 Å². The largest absolute Gasteiger partial charge is 0.331 e. The molecule has 0 aromatic heterocycles. The molecule has 1 atom stereocenters.